The van der Waals surface area contributed by atoms with Crippen LogP contribution in [0, 0.1) is 12.7 Å². The highest BCUT2D eigenvalue weighted by atomic mass is 19.1. The third kappa shape index (κ3) is 6.05. The highest BCUT2D eigenvalue weighted by Crippen LogP contribution is 2.32. The molecule has 1 atom stereocenters. The number of nitrogens with zero attached hydrogens (tertiary/aromatic N) is 3. The van der Waals surface area contributed by atoms with Gasteiger partial charge in [0.05, 0.1) is 23.0 Å². The highest BCUT2D eigenvalue weighted by Gasteiger charge is 2.23. The average molecular weight is 438 g/mol. The van der Waals surface area contributed by atoms with Crippen LogP contribution in [0.25, 0.3) is 5.69 Å². The number of allylic oxidation sites excluding steroid dienone is 1. The van der Waals surface area contributed by atoms with E-state index in [0.717, 1.165) is 36.3 Å². The summed E-state index contributed by atoms with van der Waals surface area (Å²) >= 11 is 0. The van der Waals surface area contributed by atoms with Crippen LogP contribution in [0.2, 0.25) is 0 Å². The first-order valence-electron chi connectivity index (χ1n) is 11.1. The molecular weight excluding hydrogens is 405 g/mol. The Labute approximate surface area is 189 Å². The van der Waals surface area contributed by atoms with E-state index >= 15 is 0 Å². The van der Waals surface area contributed by atoms with Gasteiger partial charge in [-0.25, -0.2) is 9.07 Å². The summed E-state index contributed by atoms with van der Waals surface area (Å²) < 4.78 is 22.3. The quantitative estimate of drug-likeness (QED) is 0.372. The van der Waals surface area contributed by atoms with Crippen molar-refractivity contribution in [2.45, 2.75) is 45.8 Å². The summed E-state index contributed by atoms with van der Waals surface area (Å²) in [6.07, 6.45) is 3.77. The third-order valence-corrected chi connectivity index (χ3v) is 5.28. The van der Waals surface area contributed by atoms with Crippen molar-refractivity contribution in [3.05, 3.63) is 84.3 Å². The van der Waals surface area contributed by atoms with Crippen molar-refractivity contribution >= 4 is 0 Å². The molecule has 1 N–H and O–H groups in total. The predicted octanol–water partition coefficient (Wildman–Crippen LogP) is 5.65. The van der Waals surface area contributed by atoms with Crippen molar-refractivity contribution in [1.82, 2.24) is 14.7 Å². The van der Waals surface area contributed by atoms with Crippen LogP contribution in [-0.2, 0) is 6.54 Å². The number of aryl methyl sites for hydroxylation is 1. The molecule has 1 heterocycles. The molecule has 0 aliphatic heterocycles. The minimum atomic E-state index is -0.444. The Morgan fingerprint density at radius 3 is 2.59 bits per heavy atom. The van der Waals surface area contributed by atoms with E-state index < -0.39 is 11.9 Å². The zero-order chi connectivity index (χ0) is 22.9. The number of benzene rings is 2. The summed E-state index contributed by atoms with van der Waals surface area (Å²) in [4.78, 5) is 2.20. The van der Waals surface area contributed by atoms with Gasteiger partial charge in [-0.2, -0.15) is 5.10 Å². The fourth-order valence-electron chi connectivity index (χ4n) is 3.68. The van der Waals surface area contributed by atoms with E-state index in [1.165, 1.54) is 6.07 Å². The van der Waals surface area contributed by atoms with Crippen molar-refractivity contribution in [2.75, 3.05) is 13.1 Å². The van der Waals surface area contributed by atoms with E-state index in [1.807, 2.05) is 43.3 Å². The average Bonchev–Trinajstić information content (AvgIpc) is 3.09. The van der Waals surface area contributed by atoms with E-state index in [4.69, 9.17) is 9.84 Å². The number of ether oxygens (including phenoxy) is 1. The molecule has 0 saturated heterocycles. The Bertz CT molecular complexity index is 1000. The zero-order valence-electron chi connectivity index (χ0n) is 18.9. The number of rotatable bonds is 12. The maximum absolute atomic E-state index is 14.4. The van der Waals surface area contributed by atoms with Crippen LogP contribution in [-0.4, -0.2) is 39.0 Å². The van der Waals surface area contributed by atoms with E-state index in [2.05, 4.69) is 18.4 Å². The lowest BCUT2D eigenvalue weighted by Crippen LogP contribution is -2.33. The third-order valence-electron chi connectivity index (χ3n) is 5.28. The molecule has 0 amide bonds. The molecule has 0 radical (unpaired) electrons. The van der Waals surface area contributed by atoms with Crippen LogP contribution >= 0.6 is 0 Å². The molecule has 0 spiro atoms. The van der Waals surface area contributed by atoms with Gasteiger partial charge in [0.1, 0.15) is 0 Å². The second kappa shape index (κ2) is 11.6. The summed E-state index contributed by atoms with van der Waals surface area (Å²) in [5.74, 6) is 0.210. The molecule has 0 bridgehead atoms. The molecule has 2 aromatic carbocycles. The van der Waals surface area contributed by atoms with Crippen LogP contribution in [0.5, 0.6) is 11.6 Å². The topological polar surface area (TPSA) is 50.5 Å². The fourth-order valence-corrected chi connectivity index (χ4v) is 3.68. The Kier molecular flexibility index (Phi) is 8.59. The molecule has 3 aromatic rings. The number of aromatic nitrogens is 2. The van der Waals surface area contributed by atoms with Gasteiger partial charge in [0.2, 0.25) is 5.88 Å². The van der Waals surface area contributed by atoms with E-state index in [9.17, 15) is 9.50 Å². The molecule has 170 valence electrons. The highest BCUT2D eigenvalue weighted by molar-refractivity contribution is 5.43. The minimum absolute atomic E-state index is 0.152. The van der Waals surface area contributed by atoms with Gasteiger partial charge in [0.25, 0.3) is 0 Å². The number of halogens is 1. The first kappa shape index (κ1) is 23.7. The SMILES string of the molecule is C=CCC[C@H](O)CN(CCC)Cc1c(C)nn(-c2ccccc2)c1Oc1ccccc1F. The van der Waals surface area contributed by atoms with E-state index in [0.29, 0.717) is 25.4 Å². The molecule has 0 saturated carbocycles. The summed E-state index contributed by atoms with van der Waals surface area (Å²) in [5, 5.41) is 15.2. The largest absolute Gasteiger partial charge is 0.435 e. The van der Waals surface area contributed by atoms with E-state index in [-0.39, 0.29) is 5.75 Å². The maximum Gasteiger partial charge on any atom is 0.227 e. The maximum atomic E-state index is 14.4. The number of hydrogen-bond donors (Lipinski definition) is 1. The molecule has 0 unspecified atom stereocenters. The predicted molar refractivity (Wildman–Crippen MR) is 126 cm³/mol. The van der Waals surface area contributed by atoms with Crippen molar-refractivity contribution < 1.29 is 14.2 Å². The number of aliphatic hydroxyl groups is 1. The second-order valence-electron chi connectivity index (χ2n) is 7.90. The number of aliphatic hydroxyl groups excluding tert-OH is 1. The van der Waals surface area contributed by atoms with Crippen molar-refractivity contribution in [3.8, 4) is 17.3 Å². The lowest BCUT2D eigenvalue weighted by Gasteiger charge is -2.25. The lowest BCUT2D eigenvalue weighted by atomic mass is 10.1. The molecule has 6 heteroatoms. The Balaban J connectivity index is 1.97. The Morgan fingerprint density at radius 2 is 1.91 bits per heavy atom. The molecule has 32 heavy (non-hydrogen) atoms. The van der Waals surface area contributed by atoms with Crippen LogP contribution in [0.3, 0.4) is 0 Å². The van der Waals surface area contributed by atoms with Crippen LogP contribution in [0.15, 0.2) is 67.3 Å². The minimum Gasteiger partial charge on any atom is -0.435 e. The standard InChI is InChI=1S/C26H32FN3O2/c1-4-6-14-22(31)18-29(17-5-2)19-23-20(3)28-30(21-12-8-7-9-13-21)26(23)32-25-16-11-10-15-24(25)27/h4,7-13,15-16,22,31H,1,5-6,14,17-19H2,2-3H3/t22-/m0/s1. The molecule has 1 aromatic heterocycles. The van der Waals surface area contributed by atoms with Crippen molar-refractivity contribution in [1.29, 1.82) is 0 Å². The lowest BCUT2D eigenvalue weighted by molar-refractivity contribution is 0.102. The van der Waals surface area contributed by atoms with Crippen LogP contribution in [0.4, 0.5) is 4.39 Å². The Morgan fingerprint density at radius 1 is 1.19 bits per heavy atom. The zero-order valence-corrected chi connectivity index (χ0v) is 18.9. The van der Waals surface area contributed by atoms with E-state index in [1.54, 1.807) is 22.9 Å². The smallest absolute Gasteiger partial charge is 0.227 e. The number of hydrogen-bond acceptors (Lipinski definition) is 4. The van der Waals surface area contributed by atoms with Crippen molar-refractivity contribution in [2.24, 2.45) is 0 Å². The summed E-state index contributed by atoms with van der Waals surface area (Å²) in [5.41, 5.74) is 2.52. The molecular formula is C26H32FN3O2. The summed E-state index contributed by atoms with van der Waals surface area (Å²) in [7, 11) is 0. The van der Waals surface area contributed by atoms with Gasteiger partial charge in [-0.15, -0.1) is 6.58 Å². The van der Waals surface area contributed by atoms with Gasteiger partial charge in [-0.3, -0.25) is 4.90 Å². The molecule has 3 rings (SSSR count). The first-order chi connectivity index (χ1) is 15.5. The summed E-state index contributed by atoms with van der Waals surface area (Å²) in [6, 6.07) is 16.0. The van der Waals surface area contributed by atoms with Gasteiger partial charge < -0.3 is 9.84 Å². The van der Waals surface area contributed by atoms with Gasteiger partial charge in [0, 0.05) is 13.1 Å². The summed E-state index contributed by atoms with van der Waals surface area (Å²) in [6.45, 7) is 9.68. The van der Waals surface area contributed by atoms with Crippen LogP contribution < -0.4 is 4.74 Å². The van der Waals surface area contributed by atoms with Crippen molar-refractivity contribution in [3.63, 3.8) is 0 Å². The molecule has 0 aliphatic rings. The van der Waals surface area contributed by atoms with Gasteiger partial charge in [0.15, 0.2) is 11.6 Å². The van der Waals surface area contributed by atoms with Gasteiger partial charge in [-0.05, 0) is 57.0 Å². The first-order valence-corrected chi connectivity index (χ1v) is 11.1. The van der Waals surface area contributed by atoms with Crippen LogP contribution in [0.1, 0.15) is 37.4 Å². The number of para-hydroxylation sites is 2. The second-order valence-corrected chi connectivity index (χ2v) is 7.90. The monoisotopic (exact) mass is 437 g/mol. The molecule has 0 fully saturated rings. The van der Waals surface area contributed by atoms with Gasteiger partial charge >= 0.3 is 0 Å². The molecule has 5 nitrogen and oxygen atoms in total. The normalized spacial score (nSPS) is 12.2. The van der Waals surface area contributed by atoms with Gasteiger partial charge in [-0.1, -0.05) is 43.3 Å². The molecule has 0 aliphatic carbocycles. The fraction of sp³-hybridized carbons (Fsp3) is 0.346. The Hall–Kier alpha value is -2.96.